The molecular weight excluding hydrogens is 226 g/mol. The molecule has 1 aliphatic rings. The van der Waals surface area contributed by atoms with E-state index in [2.05, 4.69) is 5.32 Å². The first-order valence-electron chi connectivity index (χ1n) is 6.50. The number of hydrogen-bond donors (Lipinski definition) is 1. The molecule has 0 radical (unpaired) electrons. The number of carbonyl (C=O) groups is 1. The van der Waals surface area contributed by atoms with Crippen molar-refractivity contribution in [2.45, 2.75) is 38.7 Å². The topological polar surface area (TPSA) is 38.3 Å². The van der Waals surface area contributed by atoms with E-state index >= 15 is 0 Å². The molecule has 0 bridgehead atoms. The predicted octanol–water partition coefficient (Wildman–Crippen LogP) is 2.72. The Balaban J connectivity index is 2.05. The SMILES string of the molecule is CC(C)(C)OC(=O)c1ccc(C2CCNC2)cc1. The van der Waals surface area contributed by atoms with Gasteiger partial charge in [0.05, 0.1) is 5.56 Å². The molecule has 1 atom stereocenters. The highest BCUT2D eigenvalue weighted by Crippen LogP contribution is 2.23. The number of nitrogens with one attached hydrogen (secondary N) is 1. The molecule has 1 fully saturated rings. The molecule has 1 aliphatic heterocycles. The molecule has 3 nitrogen and oxygen atoms in total. The fourth-order valence-electron chi connectivity index (χ4n) is 2.17. The largest absolute Gasteiger partial charge is 0.456 e. The van der Waals surface area contributed by atoms with Crippen LogP contribution in [0.4, 0.5) is 0 Å². The minimum absolute atomic E-state index is 0.251. The molecule has 1 unspecified atom stereocenters. The van der Waals surface area contributed by atoms with Gasteiger partial charge in [0.2, 0.25) is 0 Å². The summed E-state index contributed by atoms with van der Waals surface area (Å²) in [5.74, 6) is 0.330. The number of hydrogen-bond acceptors (Lipinski definition) is 3. The third kappa shape index (κ3) is 3.33. The highest BCUT2D eigenvalue weighted by Gasteiger charge is 2.19. The van der Waals surface area contributed by atoms with Gasteiger partial charge in [-0.05, 0) is 57.4 Å². The van der Waals surface area contributed by atoms with Crippen LogP contribution in [-0.4, -0.2) is 24.7 Å². The van der Waals surface area contributed by atoms with Gasteiger partial charge in [0, 0.05) is 6.54 Å². The van der Waals surface area contributed by atoms with Crippen LogP contribution in [0.5, 0.6) is 0 Å². The molecule has 98 valence electrons. The molecule has 0 aromatic heterocycles. The zero-order valence-electron chi connectivity index (χ0n) is 11.3. The Morgan fingerprint density at radius 2 is 1.94 bits per heavy atom. The van der Waals surface area contributed by atoms with Crippen LogP contribution >= 0.6 is 0 Å². The lowest BCUT2D eigenvalue weighted by Crippen LogP contribution is -2.23. The maximum absolute atomic E-state index is 11.9. The van der Waals surface area contributed by atoms with Gasteiger partial charge in [-0.25, -0.2) is 4.79 Å². The third-order valence-electron chi connectivity index (χ3n) is 3.08. The maximum atomic E-state index is 11.9. The summed E-state index contributed by atoms with van der Waals surface area (Å²) in [6.07, 6.45) is 1.17. The van der Waals surface area contributed by atoms with Crippen LogP contribution in [0.15, 0.2) is 24.3 Å². The Hall–Kier alpha value is -1.35. The first kappa shape index (κ1) is 13.1. The summed E-state index contributed by atoms with van der Waals surface area (Å²) in [6, 6.07) is 7.80. The summed E-state index contributed by atoms with van der Waals surface area (Å²) in [7, 11) is 0. The zero-order chi connectivity index (χ0) is 13.2. The highest BCUT2D eigenvalue weighted by molar-refractivity contribution is 5.89. The Labute approximate surface area is 109 Å². The monoisotopic (exact) mass is 247 g/mol. The fourth-order valence-corrected chi connectivity index (χ4v) is 2.17. The van der Waals surface area contributed by atoms with Gasteiger partial charge in [-0.1, -0.05) is 12.1 Å². The smallest absolute Gasteiger partial charge is 0.338 e. The van der Waals surface area contributed by atoms with E-state index in [1.807, 2.05) is 45.0 Å². The van der Waals surface area contributed by atoms with Gasteiger partial charge in [-0.3, -0.25) is 0 Å². The van der Waals surface area contributed by atoms with Gasteiger partial charge in [0.15, 0.2) is 0 Å². The van der Waals surface area contributed by atoms with Gasteiger partial charge in [-0.2, -0.15) is 0 Å². The van der Waals surface area contributed by atoms with Gasteiger partial charge in [-0.15, -0.1) is 0 Å². The second-order valence-electron chi connectivity index (χ2n) is 5.81. The zero-order valence-corrected chi connectivity index (χ0v) is 11.3. The van der Waals surface area contributed by atoms with Gasteiger partial charge in [0.25, 0.3) is 0 Å². The summed E-state index contributed by atoms with van der Waals surface area (Å²) >= 11 is 0. The van der Waals surface area contributed by atoms with Gasteiger partial charge >= 0.3 is 5.97 Å². The quantitative estimate of drug-likeness (QED) is 0.817. The van der Waals surface area contributed by atoms with Crippen molar-refractivity contribution in [3.8, 4) is 0 Å². The van der Waals surface area contributed by atoms with Gasteiger partial charge < -0.3 is 10.1 Å². The van der Waals surface area contributed by atoms with Crippen molar-refractivity contribution in [1.29, 1.82) is 0 Å². The molecule has 0 aliphatic carbocycles. The summed E-state index contributed by atoms with van der Waals surface area (Å²) < 4.78 is 5.34. The summed E-state index contributed by atoms with van der Waals surface area (Å²) in [6.45, 7) is 7.75. The normalized spacial score (nSPS) is 19.8. The van der Waals surface area contributed by atoms with E-state index in [9.17, 15) is 4.79 Å². The number of benzene rings is 1. The summed E-state index contributed by atoms with van der Waals surface area (Å²) in [5, 5.41) is 3.35. The lowest BCUT2D eigenvalue weighted by atomic mass is 9.97. The van der Waals surface area contributed by atoms with Crippen molar-refractivity contribution in [1.82, 2.24) is 5.32 Å². The van der Waals surface area contributed by atoms with Crippen LogP contribution in [0.3, 0.4) is 0 Å². The molecule has 2 rings (SSSR count). The number of ether oxygens (including phenoxy) is 1. The van der Waals surface area contributed by atoms with Crippen molar-refractivity contribution in [3.63, 3.8) is 0 Å². The minimum atomic E-state index is -0.439. The van der Waals surface area contributed by atoms with E-state index in [1.54, 1.807) is 0 Å². The maximum Gasteiger partial charge on any atom is 0.338 e. The number of carbonyl (C=O) groups excluding carboxylic acids is 1. The number of rotatable bonds is 2. The number of esters is 1. The lowest BCUT2D eigenvalue weighted by Gasteiger charge is -2.19. The second kappa shape index (κ2) is 5.11. The van der Waals surface area contributed by atoms with E-state index in [-0.39, 0.29) is 5.97 Å². The van der Waals surface area contributed by atoms with Crippen molar-refractivity contribution >= 4 is 5.97 Å². The van der Waals surface area contributed by atoms with E-state index in [0.29, 0.717) is 11.5 Å². The van der Waals surface area contributed by atoms with Crippen LogP contribution in [0.1, 0.15) is 49.0 Å². The molecular formula is C15H21NO2. The van der Waals surface area contributed by atoms with Crippen LogP contribution in [0.2, 0.25) is 0 Å². The Kier molecular flexibility index (Phi) is 3.71. The van der Waals surface area contributed by atoms with Crippen LogP contribution < -0.4 is 5.32 Å². The minimum Gasteiger partial charge on any atom is -0.456 e. The fraction of sp³-hybridized carbons (Fsp3) is 0.533. The van der Waals surface area contributed by atoms with Crippen molar-refractivity contribution < 1.29 is 9.53 Å². The molecule has 1 saturated heterocycles. The summed E-state index contributed by atoms with van der Waals surface area (Å²) in [4.78, 5) is 11.9. The Bertz CT molecular complexity index is 411. The van der Waals surface area contributed by atoms with Crippen molar-refractivity contribution in [3.05, 3.63) is 35.4 Å². The molecule has 1 heterocycles. The summed E-state index contributed by atoms with van der Waals surface area (Å²) in [5.41, 5.74) is 1.48. The molecule has 0 amide bonds. The Morgan fingerprint density at radius 1 is 1.28 bits per heavy atom. The average Bonchev–Trinajstić information content (AvgIpc) is 2.80. The van der Waals surface area contributed by atoms with E-state index < -0.39 is 5.60 Å². The first-order valence-corrected chi connectivity index (χ1v) is 6.50. The molecule has 0 saturated carbocycles. The van der Waals surface area contributed by atoms with E-state index in [0.717, 1.165) is 13.1 Å². The van der Waals surface area contributed by atoms with E-state index in [4.69, 9.17) is 4.74 Å². The van der Waals surface area contributed by atoms with Crippen LogP contribution in [0.25, 0.3) is 0 Å². The Morgan fingerprint density at radius 3 is 2.44 bits per heavy atom. The van der Waals surface area contributed by atoms with Gasteiger partial charge in [0.1, 0.15) is 5.60 Å². The molecule has 18 heavy (non-hydrogen) atoms. The molecule has 1 aromatic carbocycles. The lowest BCUT2D eigenvalue weighted by molar-refractivity contribution is 0.00695. The van der Waals surface area contributed by atoms with E-state index in [1.165, 1.54) is 12.0 Å². The van der Waals surface area contributed by atoms with Crippen LogP contribution in [0, 0.1) is 0 Å². The standard InChI is InChI=1S/C15H21NO2/c1-15(2,3)18-14(17)12-6-4-11(5-7-12)13-8-9-16-10-13/h4-7,13,16H,8-10H2,1-3H3. The predicted molar refractivity (Wildman–Crippen MR) is 71.8 cm³/mol. The molecule has 1 N–H and O–H groups in total. The highest BCUT2D eigenvalue weighted by atomic mass is 16.6. The molecule has 3 heteroatoms. The second-order valence-corrected chi connectivity index (χ2v) is 5.81. The van der Waals surface area contributed by atoms with Crippen molar-refractivity contribution in [2.75, 3.05) is 13.1 Å². The third-order valence-corrected chi connectivity index (χ3v) is 3.08. The molecule has 1 aromatic rings. The first-order chi connectivity index (χ1) is 8.46. The molecule has 0 spiro atoms. The van der Waals surface area contributed by atoms with Crippen LogP contribution in [-0.2, 0) is 4.74 Å². The van der Waals surface area contributed by atoms with Crippen molar-refractivity contribution in [2.24, 2.45) is 0 Å². The average molecular weight is 247 g/mol.